The number of benzene rings is 2. The topological polar surface area (TPSA) is 79.0 Å². The molecule has 1 aliphatic rings. The van der Waals surface area contributed by atoms with Crippen molar-refractivity contribution in [3.05, 3.63) is 58.6 Å². The molecule has 2 aromatic carbocycles. The highest BCUT2D eigenvalue weighted by atomic mass is 35.5. The Morgan fingerprint density at radius 2 is 1.81 bits per heavy atom. The molecule has 0 unspecified atom stereocenters. The Bertz CT molecular complexity index is 1010. The first kappa shape index (κ1) is 23.5. The van der Waals surface area contributed by atoms with Crippen LogP contribution in [0.4, 0.5) is 5.69 Å². The van der Waals surface area contributed by atoms with Gasteiger partial charge in [-0.2, -0.15) is 0 Å². The van der Waals surface area contributed by atoms with E-state index in [9.17, 15) is 13.2 Å². The zero-order chi connectivity index (χ0) is 22.4. The summed E-state index contributed by atoms with van der Waals surface area (Å²) in [4.78, 5) is 15.0. The second-order valence-electron chi connectivity index (χ2n) is 7.56. The normalized spacial score (nSPS) is 14.9. The van der Waals surface area contributed by atoms with Crippen LogP contribution >= 0.6 is 11.6 Å². The van der Waals surface area contributed by atoms with E-state index in [1.807, 2.05) is 6.92 Å². The molecule has 0 spiro atoms. The van der Waals surface area contributed by atoms with Gasteiger partial charge in [-0.1, -0.05) is 29.3 Å². The fourth-order valence-electron chi connectivity index (χ4n) is 3.40. The minimum atomic E-state index is -3.94. The Morgan fingerprint density at radius 1 is 1.13 bits per heavy atom. The second kappa shape index (κ2) is 10.5. The number of nitrogens with zero attached hydrogens (tertiary/aromatic N) is 2. The molecular formula is C22H28ClN3O4S. The predicted octanol–water partition coefficient (Wildman–Crippen LogP) is 2.60. The SMILES string of the molecule is Cc1ccc(S(=O)(=O)N(CC(=O)NCCN2CCOCC2)c2ccc(Cl)cc2C)cc1. The summed E-state index contributed by atoms with van der Waals surface area (Å²) >= 11 is 6.06. The highest BCUT2D eigenvalue weighted by Gasteiger charge is 2.28. The van der Waals surface area contributed by atoms with Gasteiger partial charge in [-0.05, 0) is 49.7 Å². The van der Waals surface area contributed by atoms with Crippen LogP contribution in [0.25, 0.3) is 0 Å². The summed E-state index contributed by atoms with van der Waals surface area (Å²) in [5.41, 5.74) is 2.05. The van der Waals surface area contributed by atoms with Crippen molar-refractivity contribution < 1.29 is 17.9 Å². The maximum Gasteiger partial charge on any atom is 0.264 e. The van der Waals surface area contributed by atoms with Gasteiger partial charge in [0.05, 0.1) is 23.8 Å². The quantitative estimate of drug-likeness (QED) is 0.648. The number of halogens is 1. The van der Waals surface area contributed by atoms with Gasteiger partial charge >= 0.3 is 0 Å². The Kier molecular flexibility index (Phi) is 7.94. The number of ether oxygens (including phenoxy) is 1. The average Bonchev–Trinajstić information content (AvgIpc) is 2.73. The third-order valence-corrected chi connectivity index (χ3v) is 7.19. The van der Waals surface area contributed by atoms with E-state index in [4.69, 9.17) is 16.3 Å². The molecule has 1 heterocycles. The summed E-state index contributed by atoms with van der Waals surface area (Å²) in [5.74, 6) is -0.363. The summed E-state index contributed by atoms with van der Waals surface area (Å²) in [6.07, 6.45) is 0. The Labute approximate surface area is 189 Å². The van der Waals surface area contributed by atoms with Crippen molar-refractivity contribution in [1.29, 1.82) is 0 Å². The summed E-state index contributed by atoms with van der Waals surface area (Å²) in [5, 5.41) is 3.34. The van der Waals surface area contributed by atoms with Crippen molar-refractivity contribution in [1.82, 2.24) is 10.2 Å². The number of carbonyl (C=O) groups is 1. The van der Waals surface area contributed by atoms with Gasteiger partial charge in [-0.15, -0.1) is 0 Å². The first-order valence-corrected chi connectivity index (χ1v) is 12.0. The minimum Gasteiger partial charge on any atom is -0.379 e. The smallest absolute Gasteiger partial charge is 0.264 e. The van der Waals surface area contributed by atoms with Crippen LogP contribution in [0.15, 0.2) is 47.4 Å². The van der Waals surface area contributed by atoms with Crippen LogP contribution in [-0.4, -0.2) is 65.2 Å². The van der Waals surface area contributed by atoms with Gasteiger partial charge in [0.1, 0.15) is 6.54 Å². The van der Waals surface area contributed by atoms with Gasteiger partial charge in [0.15, 0.2) is 0 Å². The molecule has 9 heteroatoms. The highest BCUT2D eigenvalue weighted by molar-refractivity contribution is 7.92. The predicted molar refractivity (Wildman–Crippen MR) is 122 cm³/mol. The van der Waals surface area contributed by atoms with E-state index in [0.717, 1.165) is 23.0 Å². The van der Waals surface area contributed by atoms with Crippen LogP contribution in [0, 0.1) is 13.8 Å². The van der Waals surface area contributed by atoms with Crippen molar-refractivity contribution in [2.24, 2.45) is 0 Å². The van der Waals surface area contributed by atoms with Crippen LogP contribution in [0.2, 0.25) is 5.02 Å². The molecular weight excluding hydrogens is 438 g/mol. The second-order valence-corrected chi connectivity index (χ2v) is 9.86. The average molecular weight is 466 g/mol. The summed E-state index contributed by atoms with van der Waals surface area (Å²) < 4.78 is 33.3. The van der Waals surface area contributed by atoms with Crippen LogP contribution < -0.4 is 9.62 Å². The number of hydrogen-bond donors (Lipinski definition) is 1. The van der Waals surface area contributed by atoms with Gasteiger partial charge in [0.2, 0.25) is 5.91 Å². The number of carbonyl (C=O) groups excluding carboxylic acids is 1. The Balaban J connectivity index is 1.78. The molecule has 1 aliphatic heterocycles. The molecule has 1 saturated heterocycles. The zero-order valence-corrected chi connectivity index (χ0v) is 19.4. The fraction of sp³-hybridized carbons (Fsp3) is 0.409. The van der Waals surface area contributed by atoms with Crippen molar-refractivity contribution in [2.45, 2.75) is 18.7 Å². The monoisotopic (exact) mass is 465 g/mol. The lowest BCUT2D eigenvalue weighted by atomic mass is 10.2. The van der Waals surface area contributed by atoms with E-state index in [-0.39, 0.29) is 17.3 Å². The molecule has 7 nitrogen and oxygen atoms in total. The molecule has 31 heavy (non-hydrogen) atoms. The lowest BCUT2D eigenvalue weighted by Gasteiger charge is -2.27. The molecule has 0 aromatic heterocycles. The molecule has 3 rings (SSSR count). The number of amides is 1. The largest absolute Gasteiger partial charge is 0.379 e. The van der Waals surface area contributed by atoms with Gasteiger partial charge < -0.3 is 10.1 Å². The van der Waals surface area contributed by atoms with E-state index in [0.29, 0.717) is 42.6 Å². The standard InChI is InChI=1S/C22H28ClN3O4S/c1-17-3-6-20(7-4-17)31(28,29)26(21-8-5-19(23)15-18(21)2)16-22(27)24-9-10-25-11-13-30-14-12-25/h3-8,15H,9-14,16H2,1-2H3,(H,24,27). The molecule has 1 fully saturated rings. The Hall–Kier alpha value is -2.13. The number of sulfonamides is 1. The molecule has 0 radical (unpaired) electrons. The first-order valence-electron chi connectivity index (χ1n) is 10.2. The number of rotatable bonds is 8. The number of nitrogens with one attached hydrogen (secondary N) is 1. The molecule has 0 saturated carbocycles. The number of hydrogen-bond acceptors (Lipinski definition) is 5. The number of aryl methyl sites for hydroxylation is 2. The lowest BCUT2D eigenvalue weighted by Crippen LogP contribution is -2.45. The van der Waals surface area contributed by atoms with E-state index >= 15 is 0 Å². The van der Waals surface area contributed by atoms with Crippen LogP contribution in [-0.2, 0) is 19.6 Å². The maximum absolute atomic E-state index is 13.4. The summed E-state index contributed by atoms with van der Waals surface area (Å²) in [6, 6.07) is 11.5. The fourth-order valence-corrected chi connectivity index (χ4v) is 5.11. The molecule has 1 N–H and O–H groups in total. The van der Waals surface area contributed by atoms with Gasteiger partial charge in [0.25, 0.3) is 10.0 Å². The van der Waals surface area contributed by atoms with Crippen molar-refractivity contribution in [2.75, 3.05) is 50.2 Å². The molecule has 0 bridgehead atoms. The van der Waals surface area contributed by atoms with Crippen molar-refractivity contribution in [3.8, 4) is 0 Å². The molecule has 2 aromatic rings. The highest BCUT2D eigenvalue weighted by Crippen LogP contribution is 2.28. The van der Waals surface area contributed by atoms with Gasteiger partial charge in [0, 0.05) is 31.2 Å². The minimum absolute atomic E-state index is 0.133. The number of anilines is 1. The maximum atomic E-state index is 13.4. The Morgan fingerprint density at radius 3 is 2.45 bits per heavy atom. The van der Waals surface area contributed by atoms with E-state index < -0.39 is 10.0 Å². The lowest BCUT2D eigenvalue weighted by molar-refractivity contribution is -0.119. The van der Waals surface area contributed by atoms with E-state index in [1.165, 1.54) is 0 Å². The van der Waals surface area contributed by atoms with Crippen molar-refractivity contribution >= 4 is 33.2 Å². The van der Waals surface area contributed by atoms with E-state index in [2.05, 4.69) is 10.2 Å². The van der Waals surface area contributed by atoms with Gasteiger partial charge in [-0.25, -0.2) is 8.42 Å². The van der Waals surface area contributed by atoms with Gasteiger partial charge in [-0.3, -0.25) is 14.0 Å². The molecule has 168 valence electrons. The zero-order valence-electron chi connectivity index (χ0n) is 17.8. The third-order valence-electron chi connectivity index (χ3n) is 5.18. The first-order chi connectivity index (χ1) is 14.8. The van der Waals surface area contributed by atoms with Crippen molar-refractivity contribution in [3.63, 3.8) is 0 Å². The molecule has 0 atom stereocenters. The third kappa shape index (κ3) is 6.20. The van der Waals surface area contributed by atoms with Crippen LogP contribution in [0.1, 0.15) is 11.1 Å². The molecule has 1 amide bonds. The molecule has 0 aliphatic carbocycles. The summed E-state index contributed by atoms with van der Waals surface area (Å²) in [7, 11) is -3.94. The summed E-state index contributed by atoms with van der Waals surface area (Å²) in [6.45, 7) is 7.51. The van der Waals surface area contributed by atoms with Crippen LogP contribution in [0.5, 0.6) is 0 Å². The van der Waals surface area contributed by atoms with Crippen LogP contribution in [0.3, 0.4) is 0 Å². The van der Waals surface area contributed by atoms with E-state index in [1.54, 1.807) is 49.4 Å². The number of morpholine rings is 1.